The number of piperidine rings is 1. The first-order valence-electron chi connectivity index (χ1n) is 9.06. The van der Waals surface area contributed by atoms with Crippen molar-refractivity contribution in [1.29, 1.82) is 0 Å². The second kappa shape index (κ2) is 8.52. The molecular formula is C18H35NO5SSi. The molecule has 1 aliphatic heterocycles. The molecule has 0 bridgehead atoms. The lowest BCUT2D eigenvalue weighted by molar-refractivity contribution is 0.00725. The lowest BCUT2D eigenvalue weighted by Crippen LogP contribution is -2.55. The van der Waals surface area contributed by atoms with Gasteiger partial charge in [0.2, 0.25) is 0 Å². The fourth-order valence-corrected chi connectivity index (χ4v) is 4.67. The monoisotopic (exact) mass is 405 g/mol. The summed E-state index contributed by atoms with van der Waals surface area (Å²) >= 11 is 1.16. The van der Waals surface area contributed by atoms with Gasteiger partial charge in [0.1, 0.15) is 5.60 Å². The number of amides is 1. The molecule has 1 rings (SSSR count). The Morgan fingerprint density at radius 1 is 1.12 bits per heavy atom. The van der Waals surface area contributed by atoms with Gasteiger partial charge in [-0.3, -0.25) is 0 Å². The molecule has 152 valence electrons. The number of thioether (sulfide) groups is 1. The first-order valence-corrected chi connectivity index (χ1v) is 12.9. The molecule has 1 amide bonds. The van der Waals surface area contributed by atoms with Crippen LogP contribution in [0.15, 0.2) is 0 Å². The Bertz CT molecular complexity index is 513. The minimum atomic E-state index is -2.05. The van der Waals surface area contributed by atoms with E-state index in [1.54, 1.807) is 4.90 Å². The molecule has 1 heterocycles. The largest absolute Gasteiger partial charge is 0.461 e. The van der Waals surface area contributed by atoms with Crippen LogP contribution in [0.25, 0.3) is 0 Å². The molecule has 1 fully saturated rings. The average Bonchev–Trinajstić information content (AvgIpc) is 2.45. The van der Waals surface area contributed by atoms with Crippen molar-refractivity contribution in [3.8, 4) is 0 Å². The van der Waals surface area contributed by atoms with Crippen LogP contribution in [0.2, 0.25) is 18.1 Å². The highest BCUT2D eigenvalue weighted by molar-refractivity contribution is 8.13. The smallest absolute Gasteiger partial charge is 0.410 e. The van der Waals surface area contributed by atoms with Gasteiger partial charge in [-0.2, -0.15) is 0 Å². The molecule has 2 atom stereocenters. The number of hydrogen-bond acceptors (Lipinski definition) is 6. The van der Waals surface area contributed by atoms with Gasteiger partial charge in [-0.05, 0) is 57.1 Å². The summed E-state index contributed by atoms with van der Waals surface area (Å²) in [5, 5.41) is -0.304. The molecule has 0 N–H and O–H groups in total. The molecule has 1 aliphatic rings. The van der Waals surface area contributed by atoms with Crippen molar-refractivity contribution in [1.82, 2.24) is 4.90 Å². The summed E-state index contributed by atoms with van der Waals surface area (Å²) in [5.41, 5.74) is -0.537. The number of likely N-dealkylation sites (tertiary alicyclic amines) is 1. The maximum Gasteiger partial charge on any atom is 0.410 e. The lowest BCUT2D eigenvalue weighted by atomic mass is 10.1. The van der Waals surface area contributed by atoms with Crippen LogP contribution in [0.3, 0.4) is 0 Å². The third-order valence-electron chi connectivity index (χ3n) is 4.82. The minimum absolute atomic E-state index is 0.0322. The summed E-state index contributed by atoms with van der Waals surface area (Å²) in [5.74, 6) is 0. The van der Waals surface area contributed by atoms with Crippen LogP contribution in [-0.2, 0) is 13.9 Å². The molecule has 0 spiro atoms. The highest BCUT2D eigenvalue weighted by Crippen LogP contribution is 2.40. The Balaban J connectivity index is 2.94. The highest BCUT2D eigenvalue weighted by Gasteiger charge is 2.44. The standard InChI is InChI=1S/C18H35NO5SSi/c1-17(2,3)23-15(20)19-11-10-14(25-16(21)22-7)13(12-19)24-26(8,9)18(4,5)6/h13-14H,10-12H2,1-9H3. The van der Waals surface area contributed by atoms with Crippen LogP contribution in [0.1, 0.15) is 48.0 Å². The summed E-state index contributed by atoms with van der Waals surface area (Å²) in [6.45, 7) is 17.4. The van der Waals surface area contributed by atoms with E-state index in [9.17, 15) is 9.59 Å². The molecule has 0 saturated carbocycles. The zero-order valence-corrected chi connectivity index (χ0v) is 19.5. The molecule has 1 saturated heterocycles. The van der Waals surface area contributed by atoms with Gasteiger partial charge in [0, 0.05) is 11.8 Å². The van der Waals surface area contributed by atoms with Crippen molar-refractivity contribution in [3.63, 3.8) is 0 Å². The molecule has 26 heavy (non-hydrogen) atoms. The van der Waals surface area contributed by atoms with Gasteiger partial charge in [-0.1, -0.05) is 20.8 Å². The molecular weight excluding hydrogens is 370 g/mol. The van der Waals surface area contributed by atoms with Crippen molar-refractivity contribution in [2.24, 2.45) is 0 Å². The normalized spacial score (nSPS) is 22.1. The predicted octanol–water partition coefficient (Wildman–Crippen LogP) is 4.89. The first kappa shape index (κ1) is 23.3. The van der Waals surface area contributed by atoms with Crippen LogP contribution >= 0.6 is 11.8 Å². The number of ether oxygens (including phenoxy) is 2. The van der Waals surface area contributed by atoms with E-state index in [-0.39, 0.29) is 27.8 Å². The van der Waals surface area contributed by atoms with Gasteiger partial charge in [0.05, 0.1) is 19.8 Å². The molecule has 0 aromatic heterocycles. The molecule has 0 radical (unpaired) electrons. The van der Waals surface area contributed by atoms with E-state index >= 15 is 0 Å². The van der Waals surface area contributed by atoms with Crippen molar-refractivity contribution >= 4 is 31.5 Å². The van der Waals surface area contributed by atoms with Crippen LogP contribution in [0, 0.1) is 0 Å². The SMILES string of the molecule is COC(=O)SC1CCN(C(=O)OC(C)(C)C)CC1O[Si](C)(C)C(C)(C)C. The second-order valence-electron chi connectivity index (χ2n) is 9.24. The van der Waals surface area contributed by atoms with Crippen molar-refractivity contribution in [2.75, 3.05) is 20.2 Å². The predicted molar refractivity (Wildman–Crippen MR) is 108 cm³/mol. The lowest BCUT2D eigenvalue weighted by Gasteiger charge is -2.45. The van der Waals surface area contributed by atoms with Gasteiger partial charge < -0.3 is 18.8 Å². The van der Waals surface area contributed by atoms with E-state index < -0.39 is 13.9 Å². The number of methoxy groups -OCH3 is 1. The van der Waals surface area contributed by atoms with Gasteiger partial charge in [0.25, 0.3) is 0 Å². The summed E-state index contributed by atoms with van der Waals surface area (Å²) in [6, 6.07) is 0. The molecule has 6 nitrogen and oxygen atoms in total. The highest BCUT2D eigenvalue weighted by atomic mass is 32.2. The summed E-state index contributed by atoms with van der Waals surface area (Å²) in [4.78, 5) is 25.9. The number of rotatable bonds is 3. The molecule has 0 aliphatic carbocycles. The second-order valence-corrected chi connectivity index (χ2v) is 15.2. The molecule has 0 aromatic carbocycles. The van der Waals surface area contributed by atoms with Crippen molar-refractivity contribution in [2.45, 2.75) is 83.1 Å². The Kier molecular flexibility index (Phi) is 7.64. The van der Waals surface area contributed by atoms with Gasteiger partial charge >= 0.3 is 11.4 Å². The average molecular weight is 406 g/mol. The third-order valence-corrected chi connectivity index (χ3v) is 10.5. The summed E-state index contributed by atoms with van der Waals surface area (Å²) in [7, 11) is -0.667. The maximum absolute atomic E-state index is 12.5. The van der Waals surface area contributed by atoms with Crippen LogP contribution in [0.4, 0.5) is 9.59 Å². The fourth-order valence-electron chi connectivity index (χ4n) is 2.36. The van der Waals surface area contributed by atoms with Gasteiger partial charge in [-0.15, -0.1) is 0 Å². The quantitative estimate of drug-likeness (QED) is 0.492. The Morgan fingerprint density at radius 3 is 2.15 bits per heavy atom. The molecule has 8 heteroatoms. The van der Waals surface area contributed by atoms with E-state index in [4.69, 9.17) is 13.9 Å². The van der Waals surface area contributed by atoms with E-state index in [1.165, 1.54) is 7.11 Å². The Hall–Kier alpha value is -0.733. The zero-order chi connectivity index (χ0) is 20.3. The van der Waals surface area contributed by atoms with Crippen LogP contribution < -0.4 is 0 Å². The zero-order valence-electron chi connectivity index (χ0n) is 17.7. The summed E-state index contributed by atoms with van der Waals surface area (Å²) in [6.07, 6.45) is 0.113. The van der Waals surface area contributed by atoms with Crippen molar-refractivity contribution < 1.29 is 23.5 Å². The Labute approximate surface area is 163 Å². The third kappa shape index (κ3) is 6.77. The summed E-state index contributed by atoms with van der Waals surface area (Å²) < 4.78 is 16.9. The first-order chi connectivity index (χ1) is 11.7. The van der Waals surface area contributed by atoms with Gasteiger partial charge in [0.15, 0.2) is 8.32 Å². The van der Waals surface area contributed by atoms with Crippen LogP contribution in [-0.4, -0.2) is 61.8 Å². The number of hydrogen-bond donors (Lipinski definition) is 0. The number of nitrogens with zero attached hydrogens (tertiary/aromatic N) is 1. The number of carbonyl (C=O) groups excluding carboxylic acids is 2. The fraction of sp³-hybridized carbons (Fsp3) is 0.889. The molecule has 0 aromatic rings. The Morgan fingerprint density at radius 2 is 1.69 bits per heavy atom. The van der Waals surface area contributed by atoms with E-state index in [2.05, 4.69) is 33.9 Å². The maximum atomic E-state index is 12.5. The van der Waals surface area contributed by atoms with Gasteiger partial charge in [-0.25, -0.2) is 9.59 Å². The molecule has 2 unspecified atom stereocenters. The number of carbonyl (C=O) groups is 2. The van der Waals surface area contributed by atoms with E-state index in [1.807, 2.05) is 20.8 Å². The van der Waals surface area contributed by atoms with Crippen LogP contribution in [0.5, 0.6) is 0 Å². The minimum Gasteiger partial charge on any atom is -0.461 e. The van der Waals surface area contributed by atoms with E-state index in [0.29, 0.717) is 19.5 Å². The van der Waals surface area contributed by atoms with Crippen molar-refractivity contribution in [3.05, 3.63) is 0 Å². The van der Waals surface area contributed by atoms with E-state index in [0.717, 1.165) is 11.8 Å². The topological polar surface area (TPSA) is 65.1 Å².